The summed E-state index contributed by atoms with van der Waals surface area (Å²) < 4.78 is 161. The van der Waals surface area contributed by atoms with E-state index < -0.39 is 114 Å². The van der Waals surface area contributed by atoms with Crippen molar-refractivity contribution >= 4 is 17.7 Å². The van der Waals surface area contributed by atoms with E-state index in [0.717, 1.165) is 30.3 Å². The van der Waals surface area contributed by atoms with Gasteiger partial charge in [-0.25, -0.2) is 13.6 Å². The van der Waals surface area contributed by atoms with Gasteiger partial charge in [0.15, 0.2) is 0 Å². The van der Waals surface area contributed by atoms with Crippen LogP contribution >= 0.6 is 0 Å². The van der Waals surface area contributed by atoms with E-state index in [0.29, 0.717) is 43.4 Å². The highest BCUT2D eigenvalue weighted by molar-refractivity contribution is 5.98. The Labute approximate surface area is 323 Å². The number of hydrogen-bond donors (Lipinski definition) is 2. The van der Waals surface area contributed by atoms with Gasteiger partial charge < -0.3 is 20.1 Å². The van der Waals surface area contributed by atoms with E-state index in [1.165, 1.54) is 25.3 Å². The number of halogens is 11. The number of carbonyl (C=O) groups excluding carboxylic acids is 2. The summed E-state index contributed by atoms with van der Waals surface area (Å²) in [6.07, 6.45) is -17.1. The van der Waals surface area contributed by atoms with Gasteiger partial charge in [-0.2, -0.15) is 39.5 Å². The number of alkyl halides is 9. The van der Waals surface area contributed by atoms with Crippen molar-refractivity contribution in [3.63, 3.8) is 0 Å². The van der Waals surface area contributed by atoms with Crippen LogP contribution in [0.5, 0.6) is 5.75 Å². The maximum absolute atomic E-state index is 15.3. The highest BCUT2D eigenvalue weighted by Crippen LogP contribution is 2.53. The van der Waals surface area contributed by atoms with Crippen molar-refractivity contribution in [2.75, 3.05) is 13.7 Å². The largest absolute Gasteiger partial charge is 0.496 e. The van der Waals surface area contributed by atoms with Crippen molar-refractivity contribution in [2.45, 2.75) is 75.2 Å². The standard InChI is InChI=1S/C39H34F11N3O5/c1-57-32-13-5-19(26-16-20(4-11-30(26)40)34(39(48,49)50)58-36(55)51-21-6-7-21)15-27(32)35(54)52-33-25-10-9-24(23(25)3-2-14-37(42,43)44)28(33)18-53(56)22-8-12-31(41)29(17-22)38(45,46)47/h3-5,8,11-13,15-17,21,24-25,28,33-34H,2,6-7,9-10,14,18H2,1H3,(H-,51,52,54,55)/p+1/b23-3-/t24?,25?,28-,33+,34-/m0/s1. The summed E-state index contributed by atoms with van der Waals surface area (Å²) in [4.78, 5) is 39.6. The minimum Gasteiger partial charge on any atom is -0.496 e. The first kappa shape index (κ1) is 42.4. The number of amides is 2. The van der Waals surface area contributed by atoms with E-state index in [-0.39, 0.29) is 27.7 Å². The van der Waals surface area contributed by atoms with Crippen LogP contribution < -0.4 is 15.4 Å². The smallest absolute Gasteiger partial charge is 0.429 e. The molecule has 5 atom stereocenters. The topological polar surface area (TPSA) is 96.7 Å². The van der Waals surface area contributed by atoms with Gasteiger partial charge in [-0.15, -0.1) is 0 Å². The molecule has 3 aromatic carbocycles. The molecule has 0 spiro atoms. The van der Waals surface area contributed by atoms with Crippen LogP contribution in [0.3, 0.4) is 0 Å². The Morgan fingerprint density at radius 3 is 2.19 bits per heavy atom. The lowest BCUT2D eigenvalue weighted by molar-refractivity contribution is -0.474. The number of benzene rings is 3. The van der Waals surface area contributed by atoms with Crippen LogP contribution in [-0.2, 0) is 10.9 Å². The molecular formula is C39H35F11N3O5+. The van der Waals surface area contributed by atoms with Gasteiger partial charge in [-0.05, 0) is 73.9 Å². The summed E-state index contributed by atoms with van der Waals surface area (Å²) in [6, 6.07) is 6.33. The van der Waals surface area contributed by atoms with Crippen LogP contribution in [0.4, 0.5) is 58.8 Å². The van der Waals surface area contributed by atoms with Crippen molar-refractivity contribution in [3.8, 4) is 16.9 Å². The molecule has 0 radical (unpaired) electrons. The van der Waals surface area contributed by atoms with E-state index >= 15 is 4.39 Å². The van der Waals surface area contributed by atoms with Crippen LogP contribution in [-0.4, -0.2) is 54.9 Å². The van der Waals surface area contributed by atoms with Crippen molar-refractivity contribution in [2.24, 2.45) is 17.8 Å². The minimum absolute atomic E-state index is 0.0804. The average Bonchev–Trinajstić information content (AvgIpc) is 3.80. The Balaban J connectivity index is 1.31. The SMILES string of the molecule is COc1ccc(-c2cc([C@H](OC(=O)NC3CC3)C(F)(F)F)ccc2F)cc1C(=O)N[C@@H]1C2CCC(/C2=C/CCC(F)(F)F)[C@@H]1C[N+](=O)c1ccc(F)c(C(F)(F)F)c1. The zero-order chi connectivity index (χ0) is 42.3. The van der Waals surface area contributed by atoms with Crippen molar-refractivity contribution < 1.29 is 72.1 Å². The first-order chi connectivity index (χ1) is 27.1. The molecule has 8 nitrogen and oxygen atoms in total. The van der Waals surface area contributed by atoms with E-state index in [9.17, 15) is 58.4 Å². The lowest BCUT2D eigenvalue weighted by Gasteiger charge is -2.29. The van der Waals surface area contributed by atoms with E-state index in [2.05, 4.69) is 15.4 Å². The lowest BCUT2D eigenvalue weighted by atomic mass is 9.84. The molecule has 0 saturated heterocycles. The molecule has 3 aromatic rings. The van der Waals surface area contributed by atoms with Gasteiger partial charge in [0.2, 0.25) is 12.6 Å². The highest BCUT2D eigenvalue weighted by Gasteiger charge is 2.54. The molecule has 3 saturated carbocycles. The Kier molecular flexibility index (Phi) is 11.8. The molecule has 2 unspecified atom stereocenters. The number of nitroso groups, excluding NO2 is 1. The van der Waals surface area contributed by atoms with Gasteiger partial charge in [-0.3, -0.25) is 4.79 Å². The van der Waals surface area contributed by atoms with Gasteiger partial charge in [0, 0.05) is 57.3 Å². The molecule has 0 heterocycles. The molecular weight excluding hydrogens is 799 g/mol. The van der Waals surface area contributed by atoms with Crippen LogP contribution in [0.2, 0.25) is 0 Å². The van der Waals surface area contributed by atoms with Crippen molar-refractivity contribution in [1.82, 2.24) is 10.6 Å². The van der Waals surface area contributed by atoms with Gasteiger partial charge in [0.05, 0.1) is 24.2 Å². The third-order valence-electron chi connectivity index (χ3n) is 10.6. The normalized spacial score (nSPS) is 21.8. The Morgan fingerprint density at radius 1 is 0.862 bits per heavy atom. The number of hydrogen-bond acceptors (Lipinski definition) is 5. The van der Waals surface area contributed by atoms with Gasteiger partial charge >= 0.3 is 24.6 Å². The second-order valence-electron chi connectivity index (χ2n) is 14.4. The molecule has 3 fully saturated rings. The zero-order valence-corrected chi connectivity index (χ0v) is 30.3. The maximum Gasteiger partial charge on any atom is 0.429 e. The Bertz CT molecular complexity index is 2100. The first-order valence-corrected chi connectivity index (χ1v) is 18.0. The second-order valence-corrected chi connectivity index (χ2v) is 14.4. The summed E-state index contributed by atoms with van der Waals surface area (Å²) in [5, 5.41) is 5.07. The van der Waals surface area contributed by atoms with Crippen LogP contribution in [0.25, 0.3) is 11.1 Å². The number of nitrogens with zero attached hydrogens (tertiary/aromatic N) is 1. The third-order valence-corrected chi connectivity index (χ3v) is 10.6. The average molecular weight is 835 g/mol. The molecule has 3 aliphatic rings. The number of nitrogens with one attached hydrogen (secondary N) is 2. The fourth-order valence-corrected chi connectivity index (χ4v) is 7.77. The van der Waals surface area contributed by atoms with Crippen molar-refractivity contribution in [3.05, 3.63) is 99.5 Å². The molecule has 312 valence electrons. The van der Waals surface area contributed by atoms with E-state index in [4.69, 9.17) is 4.74 Å². The lowest BCUT2D eigenvalue weighted by Crippen LogP contribution is -2.46. The quantitative estimate of drug-likeness (QED) is 0.108. The number of carbonyl (C=O) groups is 2. The number of alkyl carbamates (subject to hydrolysis) is 1. The highest BCUT2D eigenvalue weighted by atomic mass is 19.4. The third kappa shape index (κ3) is 9.55. The predicted molar refractivity (Wildman–Crippen MR) is 184 cm³/mol. The fourth-order valence-electron chi connectivity index (χ4n) is 7.77. The van der Waals surface area contributed by atoms with Gasteiger partial charge in [0.1, 0.15) is 17.4 Å². The number of methoxy groups -OCH3 is 1. The molecule has 0 aromatic heterocycles. The summed E-state index contributed by atoms with van der Waals surface area (Å²) in [5.41, 5.74) is -3.12. The van der Waals surface area contributed by atoms with Crippen LogP contribution in [0, 0.1) is 34.3 Å². The zero-order valence-electron chi connectivity index (χ0n) is 30.3. The van der Waals surface area contributed by atoms with Gasteiger partial charge in [0.25, 0.3) is 11.6 Å². The van der Waals surface area contributed by atoms with Crippen LogP contribution in [0.15, 0.2) is 66.2 Å². The molecule has 6 rings (SSSR count). The maximum atomic E-state index is 15.3. The molecule has 58 heavy (non-hydrogen) atoms. The van der Waals surface area contributed by atoms with Crippen LogP contribution in [0.1, 0.15) is 66.1 Å². The predicted octanol–water partition coefficient (Wildman–Crippen LogP) is 10.3. The molecule has 2 N–H and O–H groups in total. The number of allylic oxidation sites excluding steroid dienone is 1. The Hall–Kier alpha value is -5.23. The number of rotatable bonds is 12. The summed E-state index contributed by atoms with van der Waals surface area (Å²) in [6.45, 7) is -0.554. The van der Waals surface area contributed by atoms with Crippen molar-refractivity contribution in [1.29, 1.82) is 0 Å². The molecule has 3 aliphatic carbocycles. The summed E-state index contributed by atoms with van der Waals surface area (Å²) in [5.74, 6) is -5.62. The summed E-state index contributed by atoms with van der Waals surface area (Å²) >= 11 is 0. The molecule has 2 bridgehead atoms. The number of ether oxygens (including phenoxy) is 2. The molecule has 0 aliphatic heterocycles. The number of fused-ring (bicyclic) bond motifs is 2. The minimum atomic E-state index is -5.13. The van der Waals surface area contributed by atoms with E-state index in [1.54, 1.807) is 0 Å². The second kappa shape index (κ2) is 16.2. The van der Waals surface area contributed by atoms with E-state index in [1.807, 2.05) is 0 Å². The molecule has 2 amide bonds. The monoisotopic (exact) mass is 834 g/mol. The Morgan fingerprint density at radius 2 is 1.55 bits per heavy atom. The van der Waals surface area contributed by atoms with Gasteiger partial charge in [-0.1, -0.05) is 23.8 Å². The first-order valence-electron chi connectivity index (χ1n) is 18.0. The fraction of sp³-hybridized carbons (Fsp3) is 0.436. The summed E-state index contributed by atoms with van der Waals surface area (Å²) in [7, 11) is 1.19. The molecule has 19 heteroatoms.